The van der Waals surface area contributed by atoms with Crippen molar-refractivity contribution in [1.82, 2.24) is 4.98 Å². The van der Waals surface area contributed by atoms with Crippen molar-refractivity contribution in [1.29, 1.82) is 0 Å². The van der Waals surface area contributed by atoms with E-state index in [9.17, 15) is 0 Å². The van der Waals surface area contributed by atoms with Crippen LogP contribution in [0.4, 0.5) is 11.4 Å². The number of nitrogens with one attached hydrogen (secondary N) is 1. The molecule has 13 rings (SSSR count). The van der Waals surface area contributed by atoms with Crippen LogP contribution in [0.5, 0.6) is 5.75 Å². The Bertz CT molecular complexity index is 3170. The number of aromatic nitrogens is 1. The summed E-state index contributed by atoms with van der Waals surface area (Å²) in [5.41, 5.74) is 22.2. The van der Waals surface area contributed by atoms with E-state index in [1.54, 1.807) is 0 Å². The minimum absolute atomic E-state index is 0.0124. The van der Waals surface area contributed by atoms with Crippen LogP contribution in [0.1, 0.15) is 80.2 Å². The van der Waals surface area contributed by atoms with E-state index < -0.39 is 0 Å². The molecule has 4 aliphatic carbocycles. The minimum Gasteiger partial charge on any atom is -0.485 e. The van der Waals surface area contributed by atoms with Crippen LogP contribution in [-0.2, 0) is 10.8 Å². The molecule has 0 amide bonds. The maximum Gasteiger partial charge on any atom is 0.130 e. The molecule has 8 aromatic rings. The van der Waals surface area contributed by atoms with E-state index >= 15 is 0 Å². The summed E-state index contributed by atoms with van der Waals surface area (Å²) in [5.74, 6) is 0.976. The van der Waals surface area contributed by atoms with E-state index in [0.717, 1.165) is 17.9 Å². The molecule has 7 aromatic carbocycles. The summed E-state index contributed by atoms with van der Waals surface area (Å²) < 4.78 is 6.65. The Hall–Kier alpha value is -6.58. The van der Waals surface area contributed by atoms with Crippen molar-refractivity contribution in [3.63, 3.8) is 0 Å². The first-order valence-corrected chi connectivity index (χ1v) is 22.0. The monoisotopic (exact) mass is 774 g/mol. The lowest BCUT2D eigenvalue weighted by molar-refractivity contribution is 0.278. The third-order valence-electron chi connectivity index (χ3n) is 14.9. The van der Waals surface area contributed by atoms with Crippen LogP contribution in [-0.4, -0.2) is 11.1 Å². The third-order valence-corrected chi connectivity index (χ3v) is 14.9. The van der Waals surface area contributed by atoms with E-state index in [2.05, 4.69) is 181 Å². The number of benzene rings is 7. The van der Waals surface area contributed by atoms with Gasteiger partial charge in [0.15, 0.2) is 0 Å². The Morgan fingerprint density at radius 1 is 0.583 bits per heavy atom. The highest BCUT2D eigenvalue weighted by Crippen LogP contribution is 2.59. The van der Waals surface area contributed by atoms with Crippen molar-refractivity contribution in [2.24, 2.45) is 0 Å². The largest absolute Gasteiger partial charge is 0.485 e. The molecule has 60 heavy (non-hydrogen) atoms. The number of anilines is 2. The first-order valence-electron chi connectivity index (χ1n) is 22.0. The molecule has 3 nitrogen and oxygen atoms in total. The van der Waals surface area contributed by atoms with Crippen LogP contribution in [0.3, 0.4) is 0 Å². The Morgan fingerprint density at radius 2 is 1.30 bits per heavy atom. The molecule has 1 unspecified atom stereocenters. The van der Waals surface area contributed by atoms with Crippen molar-refractivity contribution >= 4 is 38.8 Å². The lowest BCUT2D eigenvalue weighted by Gasteiger charge is -2.36. The number of aromatic amines is 1. The lowest BCUT2D eigenvalue weighted by Crippen LogP contribution is -2.28. The third kappa shape index (κ3) is 4.66. The number of ether oxygens (including phenoxy) is 1. The predicted molar refractivity (Wildman–Crippen MR) is 248 cm³/mol. The van der Waals surface area contributed by atoms with Crippen LogP contribution in [0, 0.1) is 0 Å². The number of hydrogen-bond acceptors (Lipinski definition) is 2. The molecule has 1 aliphatic heterocycles. The molecular formula is C57H46N2O. The molecule has 3 heteroatoms. The Labute approximate surface area is 351 Å². The Kier molecular flexibility index (Phi) is 7.13. The molecule has 290 valence electrons. The second-order valence-corrected chi connectivity index (χ2v) is 18.3. The molecule has 0 radical (unpaired) electrons. The van der Waals surface area contributed by atoms with Crippen molar-refractivity contribution in [2.45, 2.75) is 69.3 Å². The van der Waals surface area contributed by atoms with Gasteiger partial charge in [-0.05, 0) is 118 Å². The summed E-state index contributed by atoms with van der Waals surface area (Å²) in [6, 6.07) is 55.0. The molecule has 5 aliphatic rings. The zero-order chi connectivity index (χ0) is 39.7. The van der Waals surface area contributed by atoms with E-state index in [1.165, 1.54) is 132 Å². The molecule has 1 N–H and O–H groups in total. The molecular weight excluding hydrogens is 729 g/mol. The standard InChI is InChI=1S/C57H46N2O/c1-56(2)44-17-7-4-14-38(44)41-33-43-42-32-36(26-29-48(42)58-49(43)34-47(41)56)35-24-27-37(28-25-35)59(51-21-13-23-53-55(51)40-16-6-9-22-52(40)60-53)50-20-12-19-46-54(50)39-15-5-8-18-45(39)57(46)30-10-3-11-31-57/h4-9,12-22,24-29,32-34,53,58H,3,10-11,23,30-31H2,1-2H3. The molecule has 2 heterocycles. The molecule has 0 bridgehead atoms. The first-order chi connectivity index (χ1) is 29.5. The maximum absolute atomic E-state index is 6.65. The second-order valence-electron chi connectivity index (χ2n) is 18.3. The summed E-state index contributed by atoms with van der Waals surface area (Å²) in [4.78, 5) is 6.32. The SMILES string of the molecule is CC1(C)c2ccccc2-c2cc3c(cc21)[nH]c1ccc(-c2ccc(N(C4=C5c6ccccc6OC5CC=C4)c4cccc5c4-c4ccccc4C54CCCCC4)cc2)cc13. The van der Waals surface area contributed by atoms with E-state index in [0.29, 0.717) is 0 Å². The molecule has 1 spiro atoms. The Morgan fingerprint density at radius 3 is 2.15 bits per heavy atom. The number of allylic oxidation sites excluding steroid dienone is 1. The van der Waals surface area contributed by atoms with Gasteiger partial charge in [0.05, 0.1) is 11.4 Å². The van der Waals surface area contributed by atoms with Gasteiger partial charge in [-0.15, -0.1) is 0 Å². The Balaban J connectivity index is 0.970. The van der Waals surface area contributed by atoms with Crippen molar-refractivity contribution < 1.29 is 4.74 Å². The fourth-order valence-electron chi connectivity index (χ4n) is 12.1. The summed E-state index contributed by atoms with van der Waals surface area (Å²) in [7, 11) is 0. The zero-order valence-electron chi connectivity index (χ0n) is 34.2. The van der Waals surface area contributed by atoms with Gasteiger partial charge in [0.2, 0.25) is 0 Å². The number of H-pyrrole nitrogens is 1. The van der Waals surface area contributed by atoms with Gasteiger partial charge < -0.3 is 14.6 Å². The summed E-state index contributed by atoms with van der Waals surface area (Å²) >= 11 is 0. The lowest BCUT2D eigenvalue weighted by atomic mass is 9.68. The van der Waals surface area contributed by atoms with Gasteiger partial charge in [0.1, 0.15) is 11.9 Å². The quantitative estimate of drug-likeness (QED) is 0.193. The van der Waals surface area contributed by atoms with Crippen molar-refractivity contribution in [3.8, 4) is 39.1 Å². The van der Waals surface area contributed by atoms with Gasteiger partial charge in [-0.3, -0.25) is 0 Å². The van der Waals surface area contributed by atoms with Crippen LogP contribution in [0.15, 0.2) is 163 Å². The highest BCUT2D eigenvalue weighted by atomic mass is 16.5. The second kappa shape index (κ2) is 12.5. The van der Waals surface area contributed by atoms with Gasteiger partial charge in [0, 0.05) is 61.4 Å². The zero-order valence-corrected chi connectivity index (χ0v) is 34.2. The van der Waals surface area contributed by atoms with Gasteiger partial charge in [-0.2, -0.15) is 0 Å². The molecule has 1 fully saturated rings. The molecule has 1 saturated carbocycles. The summed E-state index contributed by atoms with van der Waals surface area (Å²) in [5, 5.41) is 2.54. The highest BCUT2D eigenvalue weighted by Gasteiger charge is 2.45. The van der Waals surface area contributed by atoms with Gasteiger partial charge in [-0.25, -0.2) is 0 Å². The van der Waals surface area contributed by atoms with Gasteiger partial charge >= 0.3 is 0 Å². The number of rotatable bonds is 4. The number of fused-ring (bicyclic) bond motifs is 14. The predicted octanol–water partition coefficient (Wildman–Crippen LogP) is 14.8. The highest BCUT2D eigenvalue weighted by molar-refractivity contribution is 6.11. The van der Waals surface area contributed by atoms with E-state index in [4.69, 9.17) is 4.74 Å². The fourth-order valence-corrected chi connectivity index (χ4v) is 12.1. The average Bonchev–Trinajstić information content (AvgIpc) is 4.00. The summed E-state index contributed by atoms with van der Waals surface area (Å²) in [6.07, 6.45) is 11.8. The maximum atomic E-state index is 6.65. The smallest absolute Gasteiger partial charge is 0.130 e. The van der Waals surface area contributed by atoms with Gasteiger partial charge in [-0.1, -0.05) is 136 Å². The van der Waals surface area contributed by atoms with E-state index in [1.807, 2.05) is 0 Å². The van der Waals surface area contributed by atoms with Crippen LogP contribution in [0.2, 0.25) is 0 Å². The molecule has 1 atom stereocenters. The number of hydrogen-bond donors (Lipinski definition) is 1. The topological polar surface area (TPSA) is 28.3 Å². The average molecular weight is 775 g/mol. The van der Waals surface area contributed by atoms with Crippen LogP contribution in [0.25, 0.3) is 60.8 Å². The number of para-hydroxylation sites is 1. The van der Waals surface area contributed by atoms with E-state index in [-0.39, 0.29) is 16.9 Å². The van der Waals surface area contributed by atoms with Crippen molar-refractivity contribution in [3.05, 3.63) is 191 Å². The van der Waals surface area contributed by atoms with Crippen LogP contribution >= 0.6 is 0 Å². The first kappa shape index (κ1) is 34.3. The van der Waals surface area contributed by atoms with Crippen LogP contribution < -0.4 is 9.64 Å². The van der Waals surface area contributed by atoms with Gasteiger partial charge in [0.25, 0.3) is 0 Å². The summed E-state index contributed by atoms with van der Waals surface area (Å²) in [6.45, 7) is 4.71. The normalized spacial score (nSPS) is 18.5. The molecule has 1 aromatic heterocycles. The minimum atomic E-state index is -0.0298. The number of nitrogens with zero attached hydrogens (tertiary/aromatic N) is 1. The molecule has 0 saturated heterocycles. The fraction of sp³-hybridized carbons (Fsp3) is 0.193. The van der Waals surface area contributed by atoms with Crippen molar-refractivity contribution in [2.75, 3.05) is 4.90 Å².